The van der Waals surface area contributed by atoms with E-state index in [-0.39, 0.29) is 18.4 Å². The van der Waals surface area contributed by atoms with Gasteiger partial charge in [0.15, 0.2) is 5.82 Å². The quantitative estimate of drug-likeness (QED) is 0.647. The van der Waals surface area contributed by atoms with Gasteiger partial charge in [0.1, 0.15) is 17.5 Å². The minimum atomic E-state index is -0.314. The minimum absolute atomic E-state index is 0.184. The first-order valence-electron chi connectivity index (χ1n) is 8.89. The van der Waals surface area contributed by atoms with Crippen molar-refractivity contribution in [2.75, 3.05) is 0 Å². The van der Waals surface area contributed by atoms with Crippen molar-refractivity contribution in [3.63, 3.8) is 0 Å². The number of hydrogen-bond acceptors (Lipinski definition) is 3. The van der Waals surface area contributed by atoms with Gasteiger partial charge in [-0.05, 0) is 38.8 Å². The summed E-state index contributed by atoms with van der Waals surface area (Å²) in [6.45, 7) is 4.40. The minimum Gasteiger partial charge on any atom is -0.332 e. The molecule has 136 valence electrons. The molecule has 0 amide bonds. The van der Waals surface area contributed by atoms with Crippen LogP contribution in [-0.4, -0.2) is 24.3 Å². The highest BCUT2D eigenvalue weighted by molar-refractivity contribution is 6.31. The Morgan fingerprint density at radius 1 is 1.35 bits per heavy atom. The summed E-state index contributed by atoms with van der Waals surface area (Å²) in [7, 11) is 0. The Hall–Kier alpha value is -2.21. The third-order valence-electron chi connectivity index (χ3n) is 4.89. The van der Waals surface area contributed by atoms with Gasteiger partial charge in [-0.15, -0.1) is 0 Å². The second-order valence-corrected chi connectivity index (χ2v) is 7.36. The van der Waals surface area contributed by atoms with Crippen LogP contribution in [0.2, 0.25) is 5.02 Å². The van der Waals surface area contributed by atoms with Gasteiger partial charge < -0.3 is 4.57 Å². The molecule has 26 heavy (non-hydrogen) atoms. The largest absolute Gasteiger partial charge is 0.332 e. The van der Waals surface area contributed by atoms with E-state index in [4.69, 9.17) is 16.6 Å². The Morgan fingerprint density at radius 3 is 2.81 bits per heavy atom. The molecule has 1 aromatic carbocycles. The lowest BCUT2D eigenvalue weighted by Crippen LogP contribution is -2.15. The third-order valence-corrected chi connectivity index (χ3v) is 5.25. The molecular formula is C19H21ClFN5. The maximum Gasteiger partial charge on any atom is 0.154 e. The summed E-state index contributed by atoms with van der Waals surface area (Å²) in [4.78, 5) is 9.05. The van der Waals surface area contributed by atoms with Gasteiger partial charge in [-0.25, -0.2) is 19.0 Å². The first-order valence-corrected chi connectivity index (χ1v) is 9.26. The van der Waals surface area contributed by atoms with Crippen LogP contribution < -0.4 is 0 Å². The molecular weight excluding hydrogens is 353 g/mol. The molecule has 0 bridgehead atoms. The summed E-state index contributed by atoms with van der Waals surface area (Å²) in [5.74, 6) is 2.80. The van der Waals surface area contributed by atoms with Crippen LogP contribution in [0.3, 0.4) is 0 Å². The maximum atomic E-state index is 14.2. The highest BCUT2D eigenvalue weighted by atomic mass is 35.5. The van der Waals surface area contributed by atoms with Crippen molar-refractivity contribution in [1.82, 2.24) is 24.3 Å². The highest BCUT2D eigenvalue weighted by Gasteiger charge is 2.29. The van der Waals surface area contributed by atoms with E-state index in [0.29, 0.717) is 22.9 Å². The number of aromatic nitrogens is 5. The van der Waals surface area contributed by atoms with E-state index in [1.807, 2.05) is 13.1 Å². The molecule has 1 saturated carbocycles. The predicted octanol–water partition coefficient (Wildman–Crippen LogP) is 4.30. The number of nitrogens with zero attached hydrogens (tertiary/aromatic N) is 5. The van der Waals surface area contributed by atoms with Gasteiger partial charge in [0.25, 0.3) is 0 Å². The predicted molar refractivity (Wildman–Crippen MR) is 97.9 cm³/mol. The van der Waals surface area contributed by atoms with Gasteiger partial charge in [-0.3, -0.25) is 0 Å². The number of rotatable bonds is 6. The van der Waals surface area contributed by atoms with Gasteiger partial charge in [0.2, 0.25) is 0 Å². The van der Waals surface area contributed by atoms with Crippen molar-refractivity contribution in [2.24, 2.45) is 0 Å². The average Bonchev–Trinajstić information content (AvgIpc) is 3.25. The monoisotopic (exact) mass is 373 g/mol. The second kappa shape index (κ2) is 6.83. The van der Waals surface area contributed by atoms with Crippen molar-refractivity contribution in [3.8, 4) is 0 Å². The molecule has 0 aliphatic heterocycles. The third kappa shape index (κ3) is 3.38. The van der Waals surface area contributed by atoms with Crippen LogP contribution in [0.15, 0.2) is 30.6 Å². The highest BCUT2D eigenvalue weighted by Crippen LogP contribution is 2.38. The summed E-state index contributed by atoms with van der Waals surface area (Å²) in [5.41, 5.74) is 0.453. The Morgan fingerprint density at radius 2 is 2.15 bits per heavy atom. The molecule has 1 aliphatic rings. The Kier molecular flexibility index (Phi) is 4.53. The number of hydrogen-bond donors (Lipinski definition) is 0. The molecule has 2 heterocycles. The van der Waals surface area contributed by atoms with Gasteiger partial charge in [0, 0.05) is 41.4 Å². The van der Waals surface area contributed by atoms with Gasteiger partial charge in [-0.1, -0.05) is 17.7 Å². The lowest BCUT2D eigenvalue weighted by Gasteiger charge is -2.15. The van der Waals surface area contributed by atoms with Gasteiger partial charge in [-0.2, -0.15) is 5.10 Å². The fourth-order valence-corrected chi connectivity index (χ4v) is 3.46. The molecule has 7 heteroatoms. The number of aryl methyl sites for hydroxylation is 1. The Labute approximate surface area is 156 Å². The Bertz CT molecular complexity index is 908. The maximum absolute atomic E-state index is 14.2. The Balaban J connectivity index is 1.64. The van der Waals surface area contributed by atoms with Crippen molar-refractivity contribution in [3.05, 3.63) is 64.5 Å². The molecule has 0 radical (unpaired) electrons. The van der Waals surface area contributed by atoms with Crippen LogP contribution in [0.25, 0.3) is 0 Å². The summed E-state index contributed by atoms with van der Waals surface area (Å²) in [6, 6.07) is 4.93. The molecule has 0 unspecified atom stereocenters. The molecule has 1 aliphatic carbocycles. The lowest BCUT2D eigenvalue weighted by atomic mass is 10.2. The number of imidazole rings is 1. The van der Waals surface area contributed by atoms with E-state index in [0.717, 1.165) is 30.3 Å². The van der Waals surface area contributed by atoms with Crippen molar-refractivity contribution >= 4 is 11.6 Å². The van der Waals surface area contributed by atoms with E-state index in [9.17, 15) is 4.39 Å². The molecule has 0 spiro atoms. The fourth-order valence-electron chi connectivity index (χ4n) is 3.23. The lowest BCUT2D eigenvalue weighted by molar-refractivity contribution is 0.493. The second-order valence-electron chi connectivity index (χ2n) is 6.95. The molecule has 0 saturated heterocycles. The summed E-state index contributed by atoms with van der Waals surface area (Å²) < 4.78 is 18.1. The van der Waals surface area contributed by atoms with E-state index < -0.39 is 0 Å². The topological polar surface area (TPSA) is 48.5 Å². The molecule has 2 aromatic heterocycles. The van der Waals surface area contributed by atoms with E-state index in [1.54, 1.807) is 23.0 Å². The normalized spacial score (nSPS) is 15.4. The van der Waals surface area contributed by atoms with Crippen molar-refractivity contribution in [2.45, 2.75) is 51.6 Å². The van der Waals surface area contributed by atoms with Gasteiger partial charge >= 0.3 is 0 Å². The smallest absolute Gasteiger partial charge is 0.154 e. The zero-order chi connectivity index (χ0) is 18.3. The first kappa shape index (κ1) is 17.2. The molecule has 4 rings (SSSR count). The summed E-state index contributed by atoms with van der Waals surface area (Å²) in [5, 5.41) is 5.08. The zero-order valence-electron chi connectivity index (χ0n) is 14.9. The van der Waals surface area contributed by atoms with Crippen LogP contribution in [-0.2, 0) is 13.0 Å². The van der Waals surface area contributed by atoms with Crippen LogP contribution in [0.1, 0.15) is 54.8 Å². The number of halogens is 2. The van der Waals surface area contributed by atoms with Crippen LogP contribution >= 0.6 is 11.6 Å². The molecule has 1 atom stereocenters. The number of benzene rings is 1. The van der Waals surface area contributed by atoms with E-state index >= 15 is 0 Å². The fraction of sp³-hybridized carbons (Fsp3) is 0.421. The van der Waals surface area contributed by atoms with Crippen molar-refractivity contribution < 1.29 is 4.39 Å². The molecule has 5 nitrogen and oxygen atoms in total. The average molecular weight is 374 g/mol. The standard InChI is InChI=1S/C19H21ClFN5/c1-12(25-9-8-22-13(25)2)10-18-23-19(14-6-7-14)24-26(18)11-15-16(20)4-3-5-17(15)21/h3-5,8-9,12,14H,6-7,10-11H2,1-2H3/t12-/m0/s1. The molecule has 1 fully saturated rings. The first-order chi connectivity index (χ1) is 12.5. The SMILES string of the molecule is Cc1nccn1[C@@H](C)Cc1nc(C2CC2)nn1Cc1c(F)cccc1Cl. The van der Waals surface area contributed by atoms with Crippen LogP contribution in [0.5, 0.6) is 0 Å². The van der Waals surface area contributed by atoms with Crippen molar-refractivity contribution in [1.29, 1.82) is 0 Å². The van der Waals surface area contributed by atoms with E-state index in [1.165, 1.54) is 6.07 Å². The molecule has 3 aromatic rings. The van der Waals surface area contributed by atoms with E-state index in [2.05, 4.69) is 21.6 Å². The summed E-state index contributed by atoms with van der Waals surface area (Å²) >= 11 is 6.21. The van der Waals surface area contributed by atoms with Gasteiger partial charge in [0.05, 0.1) is 6.54 Å². The van der Waals surface area contributed by atoms with Crippen LogP contribution in [0, 0.1) is 12.7 Å². The van der Waals surface area contributed by atoms with Crippen LogP contribution in [0.4, 0.5) is 4.39 Å². The summed E-state index contributed by atoms with van der Waals surface area (Å²) in [6.07, 6.45) is 6.71. The zero-order valence-corrected chi connectivity index (χ0v) is 15.6. The molecule has 0 N–H and O–H groups in total.